The number of esters is 1. The van der Waals surface area contributed by atoms with Crippen LogP contribution in [0.3, 0.4) is 0 Å². The van der Waals surface area contributed by atoms with Crippen LogP contribution in [0.4, 0.5) is 0 Å². The van der Waals surface area contributed by atoms with Gasteiger partial charge in [-0.1, -0.05) is 0 Å². The van der Waals surface area contributed by atoms with Gasteiger partial charge in [-0.05, 0) is 40.8 Å². The zero-order valence-corrected chi connectivity index (χ0v) is 12.3. The Bertz CT molecular complexity index is 461. The number of hydrogen-bond donors (Lipinski definition) is 1. The van der Waals surface area contributed by atoms with Crippen molar-refractivity contribution >= 4 is 34.5 Å². The van der Waals surface area contributed by atoms with Crippen molar-refractivity contribution in [3.8, 4) is 5.75 Å². The predicted molar refractivity (Wildman–Crippen MR) is 74.4 cm³/mol. The molecule has 98 valence electrons. The number of methoxy groups -OCH3 is 1. The van der Waals surface area contributed by atoms with Crippen LogP contribution in [-0.4, -0.2) is 42.6 Å². The summed E-state index contributed by atoms with van der Waals surface area (Å²) in [7, 11) is 2.90. The summed E-state index contributed by atoms with van der Waals surface area (Å²) in [5.74, 6) is -0.534. The average molecular weight is 363 g/mol. The lowest BCUT2D eigenvalue weighted by Gasteiger charge is -2.16. The van der Waals surface area contributed by atoms with Crippen molar-refractivity contribution in [3.05, 3.63) is 27.3 Å². The van der Waals surface area contributed by atoms with Gasteiger partial charge in [-0.3, -0.25) is 9.59 Å². The lowest BCUT2D eigenvalue weighted by Crippen LogP contribution is -2.29. The molecule has 0 aliphatic rings. The van der Waals surface area contributed by atoms with Gasteiger partial charge >= 0.3 is 5.97 Å². The monoisotopic (exact) mass is 363 g/mol. The van der Waals surface area contributed by atoms with E-state index >= 15 is 0 Å². The summed E-state index contributed by atoms with van der Waals surface area (Å²) >= 11 is 1.98. The molecule has 0 fully saturated rings. The molecule has 0 aliphatic heterocycles. The second-order valence-corrected chi connectivity index (χ2v) is 4.88. The van der Waals surface area contributed by atoms with E-state index in [0.717, 1.165) is 0 Å². The SMILES string of the molecule is COC(=O)CCN(C)C(=O)c1ccc(I)c(O)c1. The van der Waals surface area contributed by atoms with Gasteiger partial charge in [0.2, 0.25) is 0 Å². The molecule has 0 aromatic heterocycles. The highest BCUT2D eigenvalue weighted by molar-refractivity contribution is 14.1. The van der Waals surface area contributed by atoms with Gasteiger partial charge in [0.05, 0.1) is 17.1 Å². The molecule has 0 atom stereocenters. The molecule has 1 aromatic rings. The second kappa shape index (κ2) is 6.58. The van der Waals surface area contributed by atoms with E-state index in [2.05, 4.69) is 4.74 Å². The number of halogens is 1. The molecule has 0 saturated carbocycles. The van der Waals surface area contributed by atoms with E-state index in [4.69, 9.17) is 0 Å². The maximum atomic E-state index is 12.0. The van der Waals surface area contributed by atoms with E-state index < -0.39 is 0 Å². The molecule has 0 radical (unpaired) electrons. The number of carbonyl (C=O) groups excluding carboxylic acids is 2. The number of benzene rings is 1. The predicted octanol–water partition coefficient (Wildman–Crippen LogP) is 1.63. The van der Waals surface area contributed by atoms with Crippen LogP contribution in [0.5, 0.6) is 5.75 Å². The maximum absolute atomic E-state index is 12.0. The molecule has 1 aromatic carbocycles. The summed E-state index contributed by atoms with van der Waals surface area (Å²) in [6, 6.07) is 4.72. The van der Waals surface area contributed by atoms with Crippen LogP contribution in [0.25, 0.3) is 0 Å². The number of carbonyl (C=O) groups is 2. The molecule has 0 saturated heterocycles. The topological polar surface area (TPSA) is 66.8 Å². The minimum Gasteiger partial charge on any atom is -0.507 e. The van der Waals surface area contributed by atoms with Gasteiger partial charge in [-0.25, -0.2) is 0 Å². The standard InChI is InChI=1S/C12H14INO4/c1-14(6-5-11(16)18-2)12(17)8-3-4-9(13)10(15)7-8/h3-4,7,15H,5-6H2,1-2H3. The van der Waals surface area contributed by atoms with Crippen molar-refractivity contribution in [2.24, 2.45) is 0 Å². The molecule has 0 aliphatic carbocycles. The maximum Gasteiger partial charge on any atom is 0.307 e. The number of phenolic OH excluding ortho intramolecular Hbond substituents is 1. The fourth-order valence-electron chi connectivity index (χ4n) is 1.33. The van der Waals surface area contributed by atoms with E-state index in [1.54, 1.807) is 19.2 Å². The Morgan fingerprint density at radius 1 is 1.44 bits per heavy atom. The molecule has 6 heteroatoms. The summed E-state index contributed by atoms with van der Waals surface area (Å²) in [5, 5.41) is 9.53. The van der Waals surface area contributed by atoms with Crippen LogP contribution in [0.1, 0.15) is 16.8 Å². The number of nitrogens with zero attached hydrogens (tertiary/aromatic N) is 1. The fourth-order valence-corrected chi connectivity index (χ4v) is 1.66. The fraction of sp³-hybridized carbons (Fsp3) is 0.333. The minimum atomic E-state index is -0.361. The third-order valence-corrected chi connectivity index (χ3v) is 3.33. The Labute approximate surface area is 119 Å². The summed E-state index contributed by atoms with van der Waals surface area (Å²) in [5.41, 5.74) is 0.389. The Balaban J connectivity index is 2.68. The van der Waals surface area contributed by atoms with Gasteiger partial charge < -0.3 is 14.7 Å². The molecular weight excluding hydrogens is 349 g/mol. The van der Waals surface area contributed by atoms with Gasteiger partial charge in [-0.2, -0.15) is 0 Å². The highest BCUT2D eigenvalue weighted by atomic mass is 127. The normalized spacial score (nSPS) is 9.94. The first-order valence-corrected chi connectivity index (χ1v) is 6.34. The van der Waals surface area contributed by atoms with Crippen molar-refractivity contribution in [2.45, 2.75) is 6.42 Å². The van der Waals surface area contributed by atoms with Crippen LogP contribution in [-0.2, 0) is 9.53 Å². The van der Waals surface area contributed by atoms with Gasteiger partial charge in [0, 0.05) is 19.2 Å². The molecular formula is C12H14INO4. The van der Waals surface area contributed by atoms with Gasteiger partial charge in [-0.15, -0.1) is 0 Å². The molecule has 0 bridgehead atoms. The molecule has 0 spiro atoms. The van der Waals surface area contributed by atoms with E-state index in [1.165, 1.54) is 18.1 Å². The van der Waals surface area contributed by atoms with Crippen molar-refractivity contribution in [3.63, 3.8) is 0 Å². The number of hydrogen-bond acceptors (Lipinski definition) is 4. The third kappa shape index (κ3) is 3.86. The number of amides is 1. The number of ether oxygens (including phenoxy) is 1. The number of rotatable bonds is 4. The Morgan fingerprint density at radius 2 is 2.11 bits per heavy atom. The smallest absolute Gasteiger partial charge is 0.307 e. The van der Waals surface area contributed by atoms with E-state index in [0.29, 0.717) is 9.13 Å². The van der Waals surface area contributed by atoms with Crippen LogP contribution < -0.4 is 0 Å². The van der Waals surface area contributed by atoms with Gasteiger partial charge in [0.15, 0.2) is 0 Å². The quantitative estimate of drug-likeness (QED) is 0.653. The highest BCUT2D eigenvalue weighted by Gasteiger charge is 2.14. The largest absolute Gasteiger partial charge is 0.507 e. The number of phenols is 1. The zero-order chi connectivity index (χ0) is 13.7. The molecule has 1 amide bonds. The van der Waals surface area contributed by atoms with Crippen LogP contribution in [0, 0.1) is 3.57 Å². The van der Waals surface area contributed by atoms with E-state index in [1.807, 2.05) is 22.6 Å². The van der Waals surface area contributed by atoms with Crippen molar-refractivity contribution in [1.82, 2.24) is 4.90 Å². The van der Waals surface area contributed by atoms with E-state index in [9.17, 15) is 14.7 Å². The molecule has 5 nitrogen and oxygen atoms in total. The lowest BCUT2D eigenvalue weighted by atomic mass is 10.2. The van der Waals surface area contributed by atoms with Gasteiger partial charge in [0.25, 0.3) is 5.91 Å². The third-order valence-electron chi connectivity index (χ3n) is 2.42. The molecule has 0 unspecified atom stereocenters. The molecule has 1 rings (SSSR count). The summed E-state index contributed by atoms with van der Waals surface area (Å²) in [6.07, 6.45) is 0.148. The minimum absolute atomic E-state index is 0.0721. The summed E-state index contributed by atoms with van der Waals surface area (Å²) < 4.78 is 5.18. The summed E-state index contributed by atoms with van der Waals surface area (Å²) in [6.45, 7) is 0.276. The first-order valence-electron chi connectivity index (χ1n) is 5.26. The average Bonchev–Trinajstić information content (AvgIpc) is 2.37. The van der Waals surface area contributed by atoms with Crippen LogP contribution >= 0.6 is 22.6 Å². The molecule has 1 N–H and O–H groups in total. The first-order chi connectivity index (χ1) is 8.45. The van der Waals surface area contributed by atoms with Crippen LogP contribution in [0.2, 0.25) is 0 Å². The second-order valence-electron chi connectivity index (χ2n) is 3.72. The number of aromatic hydroxyl groups is 1. The van der Waals surface area contributed by atoms with Crippen molar-refractivity contribution < 1.29 is 19.4 Å². The summed E-state index contributed by atoms with van der Waals surface area (Å²) in [4.78, 5) is 24.4. The lowest BCUT2D eigenvalue weighted by molar-refractivity contribution is -0.140. The Kier molecular flexibility index (Phi) is 5.39. The van der Waals surface area contributed by atoms with Crippen LogP contribution in [0.15, 0.2) is 18.2 Å². The Hall–Kier alpha value is -1.31. The highest BCUT2D eigenvalue weighted by Crippen LogP contribution is 2.21. The zero-order valence-electron chi connectivity index (χ0n) is 10.1. The molecule has 0 heterocycles. The van der Waals surface area contributed by atoms with Gasteiger partial charge in [0.1, 0.15) is 5.75 Å². The van der Waals surface area contributed by atoms with E-state index in [-0.39, 0.29) is 30.6 Å². The Morgan fingerprint density at radius 3 is 2.67 bits per heavy atom. The molecule has 18 heavy (non-hydrogen) atoms. The van der Waals surface area contributed by atoms with Crippen molar-refractivity contribution in [2.75, 3.05) is 20.7 Å². The first kappa shape index (κ1) is 14.7. The van der Waals surface area contributed by atoms with Crippen molar-refractivity contribution in [1.29, 1.82) is 0 Å².